The molecular formula is C24H18ClN3O4S. The van der Waals surface area contributed by atoms with Crippen LogP contribution in [-0.2, 0) is 9.53 Å². The number of amides is 2. The number of nitrogens with zero attached hydrogens (tertiary/aromatic N) is 1. The summed E-state index contributed by atoms with van der Waals surface area (Å²) < 4.78 is 5.26. The molecule has 0 aliphatic heterocycles. The molecule has 0 atom stereocenters. The summed E-state index contributed by atoms with van der Waals surface area (Å²) in [6.07, 6.45) is 0. The molecule has 2 amide bonds. The number of esters is 1. The maximum Gasteiger partial charge on any atom is 0.339 e. The number of benzene rings is 2. The van der Waals surface area contributed by atoms with Gasteiger partial charge in [-0.25, -0.2) is 9.78 Å². The van der Waals surface area contributed by atoms with Crippen molar-refractivity contribution >= 4 is 51.6 Å². The van der Waals surface area contributed by atoms with E-state index in [0.29, 0.717) is 37.6 Å². The lowest BCUT2D eigenvalue weighted by Gasteiger charge is -2.14. The van der Waals surface area contributed by atoms with Crippen molar-refractivity contribution in [2.24, 2.45) is 0 Å². The molecule has 2 N–H and O–H groups in total. The van der Waals surface area contributed by atoms with Gasteiger partial charge in [0.1, 0.15) is 0 Å². The van der Waals surface area contributed by atoms with Crippen LogP contribution in [-0.4, -0.2) is 29.4 Å². The predicted molar refractivity (Wildman–Crippen MR) is 127 cm³/mol. The van der Waals surface area contributed by atoms with Crippen molar-refractivity contribution in [3.63, 3.8) is 0 Å². The number of hydrogen-bond acceptors (Lipinski definition) is 6. The van der Waals surface area contributed by atoms with Crippen molar-refractivity contribution < 1.29 is 19.1 Å². The first-order valence-corrected chi connectivity index (χ1v) is 11.1. The predicted octanol–water partition coefficient (Wildman–Crippen LogP) is 4.54. The Bertz CT molecular complexity index is 1360. The molecule has 0 spiro atoms. The summed E-state index contributed by atoms with van der Waals surface area (Å²) in [5.41, 5.74) is 7.40. The maximum absolute atomic E-state index is 13.0. The normalized spacial score (nSPS) is 10.6. The van der Waals surface area contributed by atoms with E-state index in [2.05, 4.69) is 10.9 Å². The minimum atomic E-state index is -0.672. The molecule has 4 aromatic rings. The molecule has 4 rings (SSSR count). The number of ether oxygens (including phenoxy) is 1. The fourth-order valence-corrected chi connectivity index (χ4v) is 4.13. The van der Waals surface area contributed by atoms with Crippen LogP contribution in [0.5, 0.6) is 0 Å². The van der Waals surface area contributed by atoms with Crippen molar-refractivity contribution in [3.8, 4) is 11.3 Å². The Balaban J connectivity index is 1.54. The van der Waals surface area contributed by atoms with Crippen LogP contribution in [0.1, 0.15) is 25.6 Å². The Labute approximate surface area is 198 Å². The summed E-state index contributed by atoms with van der Waals surface area (Å²) in [4.78, 5) is 42.2. The van der Waals surface area contributed by atoms with Crippen molar-refractivity contribution in [2.75, 3.05) is 6.61 Å². The topological polar surface area (TPSA) is 97.4 Å². The van der Waals surface area contributed by atoms with Gasteiger partial charge in [-0.05, 0) is 42.1 Å². The lowest BCUT2D eigenvalue weighted by molar-refractivity contribution is -0.125. The highest BCUT2D eigenvalue weighted by atomic mass is 35.5. The summed E-state index contributed by atoms with van der Waals surface area (Å²) in [7, 11) is 0. The largest absolute Gasteiger partial charge is 0.452 e. The first kappa shape index (κ1) is 22.4. The number of pyridine rings is 1. The van der Waals surface area contributed by atoms with Crippen LogP contribution in [0.3, 0.4) is 0 Å². The molecule has 7 nitrogen and oxygen atoms in total. The van der Waals surface area contributed by atoms with Crippen LogP contribution in [0.4, 0.5) is 0 Å². The van der Waals surface area contributed by atoms with Crippen LogP contribution in [0.15, 0.2) is 66.0 Å². The van der Waals surface area contributed by atoms with Gasteiger partial charge in [-0.15, -0.1) is 11.3 Å². The van der Waals surface area contributed by atoms with Gasteiger partial charge in [0.15, 0.2) is 6.61 Å². The van der Waals surface area contributed by atoms with Crippen molar-refractivity contribution in [2.45, 2.75) is 6.92 Å². The average molecular weight is 480 g/mol. The summed E-state index contributed by atoms with van der Waals surface area (Å²) in [6, 6.07) is 17.7. The van der Waals surface area contributed by atoms with E-state index in [1.54, 1.807) is 60.8 Å². The monoisotopic (exact) mass is 479 g/mol. The standard InChI is InChI=1S/C24H18ClN3O4S/c1-14-21(24(31)32-13-20(29)27-28-23(30)19-10-5-11-33-19)17-8-2-3-9-18(17)26-22(14)15-6-4-7-16(25)12-15/h2-12H,13H2,1H3,(H,27,29)(H,28,30). The van der Waals surface area contributed by atoms with E-state index in [0.717, 1.165) is 5.56 Å². The van der Waals surface area contributed by atoms with Crippen molar-refractivity contribution in [1.29, 1.82) is 0 Å². The van der Waals surface area contributed by atoms with Gasteiger partial charge in [0, 0.05) is 16.0 Å². The molecule has 0 aliphatic carbocycles. The number of halogens is 1. The molecule has 0 radical (unpaired) electrons. The van der Waals surface area contributed by atoms with Crippen LogP contribution < -0.4 is 10.9 Å². The molecule has 2 aromatic carbocycles. The number of para-hydroxylation sites is 1. The fraction of sp³-hybridized carbons (Fsp3) is 0.0833. The smallest absolute Gasteiger partial charge is 0.339 e. The van der Waals surface area contributed by atoms with Crippen LogP contribution in [0.25, 0.3) is 22.2 Å². The second-order valence-electron chi connectivity index (χ2n) is 7.04. The third kappa shape index (κ3) is 5.02. The van der Waals surface area contributed by atoms with Crippen LogP contribution in [0, 0.1) is 6.92 Å². The summed E-state index contributed by atoms with van der Waals surface area (Å²) in [5, 5.41) is 2.90. The lowest BCUT2D eigenvalue weighted by Crippen LogP contribution is -2.43. The molecule has 0 fully saturated rings. The van der Waals surface area contributed by atoms with Gasteiger partial charge < -0.3 is 4.74 Å². The number of hydrogen-bond donors (Lipinski definition) is 2. The Morgan fingerprint density at radius 3 is 2.61 bits per heavy atom. The number of rotatable bonds is 5. The number of aromatic nitrogens is 1. The summed E-state index contributed by atoms with van der Waals surface area (Å²) >= 11 is 7.38. The van der Waals surface area contributed by atoms with E-state index in [9.17, 15) is 14.4 Å². The second-order valence-corrected chi connectivity index (χ2v) is 8.43. The molecule has 2 heterocycles. The molecule has 166 valence electrons. The van der Waals surface area contributed by atoms with Crippen LogP contribution >= 0.6 is 22.9 Å². The minimum Gasteiger partial charge on any atom is -0.452 e. The van der Waals surface area contributed by atoms with E-state index in [1.807, 2.05) is 12.1 Å². The van der Waals surface area contributed by atoms with Gasteiger partial charge >= 0.3 is 5.97 Å². The van der Waals surface area contributed by atoms with Crippen molar-refractivity contribution in [3.05, 3.63) is 87.1 Å². The third-order valence-electron chi connectivity index (χ3n) is 4.83. The SMILES string of the molecule is Cc1c(-c2cccc(Cl)c2)nc2ccccc2c1C(=O)OCC(=O)NNC(=O)c1cccs1. The first-order valence-electron chi connectivity index (χ1n) is 9.89. The van der Waals surface area contributed by atoms with Gasteiger partial charge in [-0.3, -0.25) is 20.4 Å². The Morgan fingerprint density at radius 1 is 1.03 bits per heavy atom. The van der Waals surface area contributed by atoms with Gasteiger partial charge in [0.05, 0.1) is 21.7 Å². The minimum absolute atomic E-state index is 0.311. The Kier molecular flexibility index (Phi) is 6.67. The highest BCUT2D eigenvalue weighted by Gasteiger charge is 2.21. The number of fused-ring (bicyclic) bond motifs is 1. The average Bonchev–Trinajstić information content (AvgIpc) is 3.36. The van der Waals surface area contributed by atoms with E-state index in [1.165, 1.54) is 11.3 Å². The highest BCUT2D eigenvalue weighted by Crippen LogP contribution is 2.31. The Morgan fingerprint density at radius 2 is 1.85 bits per heavy atom. The third-order valence-corrected chi connectivity index (χ3v) is 5.94. The molecule has 33 heavy (non-hydrogen) atoms. The van der Waals surface area contributed by atoms with E-state index >= 15 is 0 Å². The molecule has 0 bridgehead atoms. The fourth-order valence-electron chi connectivity index (χ4n) is 3.32. The zero-order valence-electron chi connectivity index (χ0n) is 17.4. The number of carbonyl (C=O) groups excluding carboxylic acids is 3. The van der Waals surface area contributed by atoms with Crippen molar-refractivity contribution in [1.82, 2.24) is 15.8 Å². The first-order chi connectivity index (χ1) is 15.9. The summed E-state index contributed by atoms with van der Waals surface area (Å²) in [5.74, 6) is -1.79. The molecular weight excluding hydrogens is 462 g/mol. The van der Waals surface area contributed by atoms with Gasteiger partial charge in [-0.2, -0.15) is 0 Å². The maximum atomic E-state index is 13.0. The molecule has 0 unspecified atom stereocenters. The lowest BCUT2D eigenvalue weighted by atomic mass is 9.98. The zero-order chi connectivity index (χ0) is 23.4. The van der Waals surface area contributed by atoms with E-state index in [-0.39, 0.29) is 0 Å². The van der Waals surface area contributed by atoms with E-state index < -0.39 is 24.4 Å². The molecule has 2 aromatic heterocycles. The van der Waals surface area contributed by atoms with E-state index in [4.69, 9.17) is 21.3 Å². The number of carbonyl (C=O) groups is 3. The zero-order valence-corrected chi connectivity index (χ0v) is 19.0. The quantitative estimate of drug-likeness (QED) is 0.323. The highest BCUT2D eigenvalue weighted by molar-refractivity contribution is 7.12. The molecule has 0 saturated carbocycles. The molecule has 0 aliphatic rings. The Hall–Kier alpha value is -3.75. The van der Waals surface area contributed by atoms with Crippen LogP contribution in [0.2, 0.25) is 5.02 Å². The number of nitrogens with one attached hydrogen (secondary N) is 2. The summed E-state index contributed by atoms with van der Waals surface area (Å²) in [6.45, 7) is 1.21. The number of hydrazine groups is 1. The van der Waals surface area contributed by atoms with Gasteiger partial charge in [0.2, 0.25) is 0 Å². The van der Waals surface area contributed by atoms with Gasteiger partial charge in [-0.1, -0.05) is 48.0 Å². The molecule has 0 saturated heterocycles. The second kappa shape index (κ2) is 9.81. The van der Waals surface area contributed by atoms with Gasteiger partial charge in [0.25, 0.3) is 11.8 Å². The molecule has 9 heteroatoms. The number of thiophene rings is 1.